The highest BCUT2D eigenvalue weighted by Gasteiger charge is 2.49. The molecule has 4 heteroatoms. The first-order valence-corrected chi connectivity index (χ1v) is 7.98. The van der Waals surface area contributed by atoms with Crippen LogP contribution in [0.3, 0.4) is 0 Å². The molecule has 2 aliphatic rings. The van der Waals surface area contributed by atoms with Gasteiger partial charge < -0.3 is 10.1 Å². The Morgan fingerprint density at radius 1 is 1.24 bits per heavy atom. The van der Waals surface area contributed by atoms with Gasteiger partial charge in [-0.2, -0.15) is 5.26 Å². The minimum atomic E-state index is -0.644. The summed E-state index contributed by atoms with van der Waals surface area (Å²) < 4.78 is 5.83. The number of carbonyl (C=O) groups is 1. The van der Waals surface area contributed by atoms with Crippen molar-refractivity contribution in [3.05, 3.63) is 0 Å². The molecule has 0 amide bonds. The van der Waals surface area contributed by atoms with Crippen molar-refractivity contribution >= 4 is 5.97 Å². The summed E-state index contributed by atoms with van der Waals surface area (Å²) in [6.45, 7) is 8.31. The first-order valence-electron chi connectivity index (χ1n) is 7.98. The van der Waals surface area contributed by atoms with Gasteiger partial charge in [-0.3, -0.25) is 4.79 Å². The molecular formula is C17H28N2O2. The third kappa shape index (κ3) is 3.40. The summed E-state index contributed by atoms with van der Waals surface area (Å²) in [6.07, 6.45) is 3.56. The van der Waals surface area contributed by atoms with Gasteiger partial charge in [0.05, 0.1) is 6.07 Å². The van der Waals surface area contributed by atoms with Crippen molar-refractivity contribution in [2.24, 2.45) is 23.2 Å². The van der Waals surface area contributed by atoms with Crippen LogP contribution in [0.25, 0.3) is 0 Å². The molecule has 2 bridgehead atoms. The number of hydrogen-bond donors (Lipinski definition) is 1. The van der Waals surface area contributed by atoms with Crippen LogP contribution in [-0.2, 0) is 9.53 Å². The van der Waals surface area contributed by atoms with Crippen LogP contribution in [0.4, 0.5) is 0 Å². The maximum Gasteiger partial charge on any atom is 0.326 e. The Balaban J connectivity index is 1.97. The minimum Gasteiger partial charge on any atom is -0.461 e. The number of likely N-dealkylation sites (N-methyl/N-ethyl adjacent to an activating group) is 1. The van der Waals surface area contributed by atoms with Gasteiger partial charge >= 0.3 is 5.97 Å². The van der Waals surface area contributed by atoms with Crippen LogP contribution in [0, 0.1) is 34.5 Å². The number of nitrogens with one attached hydrogen (secondary N) is 1. The van der Waals surface area contributed by atoms with Crippen molar-refractivity contribution in [2.45, 2.75) is 65.0 Å². The molecular weight excluding hydrogens is 264 g/mol. The lowest BCUT2D eigenvalue weighted by Gasteiger charge is -2.35. The zero-order valence-electron chi connectivity index (χ0n) is 13.9. The number of carbonyl (C=O) groups excluding carboxylic acids is 1. The molecule has 2 aliphatic carbocycles. The normalized spacial score (nSPS) is 34.3. The summed E-state index contributed by atoms with van der Waals surface area (Å²) in [4.78, 5) is 12.6. The lowest BCUT2D eigenvalue weighted by Crippen LogP contribution is -2.52. The van der Waals surface area contributed by atoms with E-state index in [0.717, 1.165) is 25.7 Å². The lowest BCUT2D eigenvalue weighted by atomic mass is 9.80. The van der Waals surface area contributed by atoms with Crippen LogP contribution in [0.5, 0.6) is 0 Å². The standard InChI is InChI=1S/C17H28N2O2/c1-16(2,3)10-17(4,19-5)15(20)21-14-8-11-6-12(14)7-13(11)9-18/h11-14,19H,6-8,10H2,1-5H3. The molecule has 5 atom stereocenters. The van der Waals surface area contributed by atoms with E-state index in [0.29, 0.717) is 11.8 Å². The van der Waals surface area contributed by atoms with E-state index < -0.39 is 5.54 Å². The molecule has 0 saturated heterocycles. The number of nitriles is 1. The molecule has 0 aliphatic heterocycles. The second-order valence-corrected chi connectivity index (χ2v) is 8.23. The molecule has 0 spiro atoms. The lowest BCUT2D eigenvalue weighted by molar-refractivity contribution is -0.160. The van der Waals surface area contributed by atoms with Crippen LogP contribution in [-0.4, -0.2) is 24.7 Å². The van der Waals surface area contributed by atoms with Gasteiger partial charge in [0.25, 0.3) is 0 Å². The molecule has 0 radical (unpaired) electrons. The van der Waals surface area contributed by atoms with Gasteiger partial charge in [-0.25, -0.2) is 0 Å². The Bertz CT molecular complexity index is 449. The van der Waals surface area contributed by atoms with Gasteiger partial charge in [0.15, 0.2) is 0 Å². The third-order valence-corrected chi connectivity index (χ3v) is 5.10. The smallest absolute Gasteiger partial charge is 0.326 e. The SMILES string of the molecule is CNC(C)(CC(C)(C)C)C(=O)OC1CC2CC1CC2C#N. The van der Waals surface area contributed by atoms with Gasteiger partial charge in [0, 0.05) is 5.92 Å². The first kappa shape index (κ1) is 16.3. The third-order valence-electron chi connectivity index (χ3n) is 5.10. The molecule has 2 saturated carbocycles. The number of hydrogen-bond acceptors (Lipinski definition) is 4. The molecule has 2 fully saturated rings. The molecule has 0 aromatic rings. The molecule has 2 rings (SSSR count). The van der Waals surface area contributed by atoms with Crippen LogP contribution in [0.1, 0.15) is 53.4 Å². The number of rotatable bonds is 4. The van der Waals surface area contributed by atoms with Gasteiger partial charge in [-0.05, 0) is 56.9 Å². The molecule has 0 heterocycles. The number of ether oxygens (including phenoxy) is 1. The Morgan fingerprint density at radius 3 is 2.33 bits per heavy atom. The molecule has 0 aromatic carbocycles. The quantitative estimate of drug-likeness (QED) is 0.809. The van der Waals surface area contributed by atoms with Crippen molar-refractivity contribution in [1.29, 1.82) is 5.26 Å². The molecule has 21 heavy (non-hydrogen) atoms. The molecule has 4 nitrogen and oxygen atoms in total. The fourth-order valence-corrected chi connectivity index (χ4v) is 4.12. The van der Waals surface area contributed by atoms with Gasteiger partial charge in [-0.15, -0.1) is 0 Å². The average molecular weight is 292 g/mol. The predicted molar refractivity (Wildman–Crippen MR) is 81.4 cm³/mol. The summed E-state index contributed by atoms with van der Waals surface area (Å²) >= 11 is 0. The van der Waals surface area contributed by atoms with Crippen LogP contribution >= 0.6 is 0 Å². The van der Waals surface area contributed by atoms with Crippen LogP contribution in [0.2, 0.25) is 0 Å². The van der Waals surface area contributed by atoms with Crippen molar-refractivity contribution in [2.75, 3.05) is 7.05 Å². The summed E-state index contributed by atoms with van der Waals surface area (Å²) in [5.74, 6) is 0.849. The Labute approximate surface area is 128 Å². The number of fused-ring (bicyclic) bond motifs is 2. The van der Waals surface area contributed by atoms with Crippen LogP contribution in [0.15, 0.2) is 0 Å². The highest BCUT2D eigenvalue weighted by Crippen LogP contribution is 2.49. The summed E-state index contributed by atoms with van der Waals surface area (Å²) in [5.41, 5.74) is -0.591. The summed E-state index contributed by atoms with van der Waals surface area (Å²) in [5, 5.41) is 12.2. The zero-order valence-corrected chi connectivity index (χ0v) is 13.9. The summed E-state index contributed by atoms with van der Waals surface area (Å²) in [6, 6.07) is 2.39. The van der Waals surface area contributed by atoms with Crippen molar-refractivity contribution in [3.8, 4) is 6.07 Å². The second kappa shape index (κ2) is 5.61. The van der Waals surface area contributed by atoms with Crippen LogP contribution < -0.4 is 5.32 Å². The average Bonchev–Trinajstić information content (AvgIpc) is 2.95. The first-order chi connectivity index (χ1) is 9.68. The van der Waals surface area contributed by atoms with E-state index >= 15 is 0 Å². The number of esters is 1. The zero-order chi connectivity index (χ0) is 15.8. The van der Waals surface area contributed by atoms with Crippen molar-refractivity contribution in [3.63, 3.8) is 0 Å². The van der Waals surface area contributed by atoms with E-state index in [1.165, 1.54) is 0 Å². The van der Waals surface area contributed by atoms with Gasteiger partial charge in [0.1, 0.15) is 11.6 Å². The maximum absolute atomic E-state index is 12.6. The van der Waals surface area contributed by atoms with E-state index in [4.69, 9.17) is 10.00 Å². The molecule has 118 valence electrons. The molecule has 1 N–H and O–H groups in total. The minimum absolute atomic E-state index is 0.0137. The summed E-state index contributed by atoms with van der Waals surface area (Å²) in [7, 11) is 1.82. The monoisotopic (exact) mass is 292 g/mol. The second-order valence-electron chi connectivity index (χ2n) is 8.23. The van der Waals surface area contributed by atoms with E-state index in [1.807, 2.05) is 14.0 Å². The largest absolute Gasteiger partial charge is 0.461 e. The van der Waals surface area contributed by atoms with E-state index in [1.54, 1.807) is 0 Å². The maximum atomic E-state index is 12.6. The predicted octanol–water partition coefficient (Wildman–Crippen LogP) is 2.88. The Hall–Kier alpha value is -1.08. The van der Waals surface area contributed by atoms with E-state index in [2.05, 4.69) is 32.2 Å². The van der Waals surface area contributed by atoms with Gasteiger partial charge in [-0.1, -0.05) is 20.8 Å². The fraction of sp³-hybridized carbons (Fsp3) is 0.882. The van der Waals surface area contributed by atoms with E-state index in [9.17, 15) is 4.79 Å². The highest BCUT2D eigenvalue weighted by molar-refractivity contribution is 5.80. The van der Waals surface area contributed by atoms with Crippen molar-refractivity contribution < 1.29 is 9.53 Å². The molecule has 5 unspecified atom stereocenters. The molecule has 0 aromatic heterocycles. The Kier molecular flexibility index (Phi) is 4.35. The Morgan fingerprint density at radius 2 is 1.90 bits per heavy atom. The number of nitrogens with zero attached hydrogens (tertiary/aromatic N) is 1. The fourth-order valence-electron chi connectivity index (χ4n) is 4.12. The van der Waals surface area contributed by atoms with Gasteiger partial charge in [0.2, 0.25) is 0 Å². The van der Waals surface area contributed by atoms with Crippen molar-refractivity contribution in [1.82, 2.24) is 5.32 Å². The van der Waals surface area contributed by atoms with E-state index in [-0.39, 0.29) is 23.4 Å². The topological polar surface area (TPSA) is 62.1 Å². The highest BCUT2D eigenvalue weighted by atomic mass is 16.5.